The lowest BCUT2D eigenvalue weighted by Gasteiger charge is -2.29. The maximum atomic E-state index is 12.9. The van der Waals surface area contributed by atoms with Crippen LogP contribution < -0.4 is 0 Å². The molecule has 2 aliphatic rings. The summed E-state index contributed by atoms with van der Waals surface area (Å²) in [4.78, 5) is 23.0. The van der Waals surface area contributed by atoms with E-state index in [1.165, 1.54) is 5.56 Å². The van der Waals surface area contributed by atoms with E-state index in [0.717, 1.165) is 49.3 Å². The van der Waals surface area contributed by atoms with Crippen LogP contribution in [0.2, 0.25) is 0 Å². The Hall–Kier alpha value is -2.14. The first-order valence-electron chi connectivity index (χ1n) is 9.22. The van der Waals surface area contributed by atoms with Crippen LogP contribution in [0.5, 0.6) is 0 Å². The van der Waals surface area contributed by atoms with Gasteiger partial charge in [0, 0.05) is 25.7 Å². The average Bonchev–Trinajstić information content (AvgIpc) is 3.31. The second kappa shape index (κ2) is 7.00. The number of H-pyrrole nitrogens is 1. The third kappa shape index (κ3) is 3.33. The number of aromatic amines is 1. The Labute approximate surface area is 148 Å². The fourth-order valence-electron chi connectivity index (χ4n) is 3.96. The Morgan fingerprint density at radius 3 is 2.92 bits per heavy atom. The van der Waals surface area contributed by atoms with E-state index in [-0.39, 0.29) is 17.9 Å². The zero-order chi connectivity index (χ0) is 17.2. The molecule has 2 fully saturated rings. The molecule has 0 unspecified atom stereocenters. The summed E-state index contributed by atoms with van der Waals surface area (Å²) in [5.41, 5.74) is 3.38. The number of ether oxygens (including phenoxy) is 1. The Balaban J connectivity index is 1.53. The van der Waals surface area contributed by atoms with Gasteiger partial charge in [-0.15, -0.1) is 0 Å². The third-order valence-corrected chi connectivity index (χ3v) is 5.35. The number of rotatable bonds is 3. The average molecular weight is 339 g/mol. The van der Waals surface area contributed by atoms with Gasteiger partial charge in [0.2, 0.25) is 5.91 Å². The third-order valence-electron chi connectivity index (χ3n) is 5.35. The summed E-state index contributed by atoms with van der Waals surface area (Å²) in [5.74, 6) is 1.30. The molecule has 25 heavy (non-hydrogen) atoms. The molecular weight excluding hydrogens is 314 g/mol. The molecule has 1 atom stereocenters. The summed E-state index contributed by atoms with van der Waals surface area (Å²) in [6, 6.07) is 8.46. The molecule has 1 aromatic carbocycles. The van der Waals surface area contributed by atoms with Crippen LogP contribution in [0.1, 0.15) is 43.1 Å². The Bertz CT molecular complexity index is 749. The highest BCUT2D eigenvalue weighted by atomic mass is 16.5. The van der Waals surface area contributed by atoms with Crippen LogP contribution >= 0.6 is 0 Å². The number of hydrogen-bond donors (Lipinski definition) is 1. The first-order chi connectivity index (χ1) is 12.2. The molecule has 4 rings (SSSR count). The molecule has 1 amide bonds. The van der Waals surface area contributed by atoms with Crippen molar-refractivity contribution in [3.8, 4) is 11.3 Å². The summed E-state index contributed by atoms with van der Waals surface area (Å²) >= 11 is 0. The maximum absolute atomic E-state index is 12.9. The number of benzene rings is 1. The van der Waals surface area contributed by atoms with Gasteiger partial charge in [-0.1, -0.05) is 23.8 Å². The van der Waals surface area contributed by atoms with Crippen molar-refractivity contribution in [1.29, 1.82) is 0 Å². The van der Waals surface area contributed by atoms with Gasteiger partial charge in [-0.05, 0) is 44.2 Å². The normalized spacial score (nSPS) is 21.6. The minimum absolute atomic E-state index is 0.0777. The molecule has 2 aromatic rings. The highest BCUT2D eigenvalue weighted by Crippen LogP contribution is 2.34. The lowest BCUT2D eigenvalue weighted by atomic mass is 9.98. The largest absolute Gasteiger partial charge is 0.381 e. The predicted molar refractivity (Wildman–Crippen MR) is 96.0 cm³/mol. The first-order valence-corrected chi connectivity index (χ1v) is 9.22. The van der Waals surface area contributed by atoms with E-state index in [1.807, 2.05) is 11.1 Å². The lowest BCUT2D eigenvalue weighted by Crippen LogP contribution is -2.38. The highest BCUT2D eigenvalue weighted by Gasteiger charge is 2.35. The van der Waals surface area contributed by atoms with E-state index in [0.29, 0.717) is 13.2 Å². The second-order valence-corrected chi connectivity index (χ2v) is 7.13. The Morgan fingerprint density at radius 2 is 2.12 bits per heavy atom. The molecule has 0 radical (unpaired) electrons. The number of aromatic nitrogens is 2. The molecule has 2 saturated heterocycles. The number of carbonyl (C=O) groups is 1. The van der Waals surface area contributed by atoms with Crippen molar-refractivity contribution in [2.45, 2.75) is 38.6 Å². The molecular formula is C20H25N3O2. The van der Waals surface area contributed by atoms with E-state index in [9.17, 15) is 4.79 Å². The van der Waals surface area contributed by atoms with Gasteiger partial charge in [0.25, 0.3) is 0 Å². The predicted octanol–water partition coefficient (Wildman–Crippen LogP) is 3.48. The van der Waals surface area contributed by atoms with E-state index < -0.39 is 0 Å². The molecule has 132 valence electrons. The molecule has 0 spiro atoms. The zero-order valence-electron chi connectivity index (χ0n) is 14.7. The number of nitrogens with one attached hydrogen (secondary N) is 1. The molecule has 2 aliphatic heterocycles. The van der Waals surface area contributed by atoms with Crippen molar-refractivity contribution >= 4 is 5.91 Å². The van der Waals surface area contributed by atoms with Crippen LogP contribution in [0.4, 0.5) is 0 Å². The van der Waals surface area contributed by atoms with Crippen molar-refractivity contribution in [1.82, 2.24) is 14.9 Å². The SMILES string of the molecule is Cc1cccc(-c2cnc([C@@H]3CCCN3C(=O)C3CCOCC3)[nH]2)c1. The van der Waals surface area contributed by atoms with E-state index in [1.54, 1.807) is 0 Å². The molecule has 3 heterocycles. The van der Waals surface area contributed by atoms with Gasteiger partial charge < -0.3 is 14.6 Å². The van der Waals surface area contributed by atoms with Crippen LogP contribution in [-0.2, 0) is 9.53 Å². The molecule has 1 N–H and O–H groups in total. The molecule has 0 saturated carbocycles. The number of carbonyl (C=O) groups excluding carboxylic acids is 1. The summed E-state index contributed by atoms with van der Waals surface area (Å²) in [5, 5.41) is 0. The molecule has 5 nitrogen and oxygen atoms in total. The minimum atomic E-state index is 0.0777. The van der Waals surface area contributed by atoms with Gasteiger partial charge in [0.15, 0.2) is 0 Å². The number of likely N-dealkylation sites (tertiary alicyclic amines) is 1. The van der Waals surface area contributed by atoms with Crippen molar-refractivity contribution in [2.24, 2.45) is 5.92 Å². The van der Waals surface area contributed by atoms with Crippen LogP contribution in [0, 0.1) is 12.8 Å². The summed E-state index contributed by atoms with van der Waals surface area (Å²) in [7, 11) is 0. The van der Waals surface area contributed by atoms with Gasteiger partial charge in [-0.2, -0.15) is 0 Å². The number of amides is 1. The van der Waals surface area contributed by atoms with Gasteiger partial charge >= 0.3 is 0 Å². The van der Waals surface area contributed by atoms with Crippen molar-refractivity contribution in [3.05, 3.63) is 41.9 Å². The topological polar surface area (TPSA) is 58.2 Å². The Morgan fingerprint density at radius 1 is 1.28 bits per heavy atom. The number of imidazole rings is 1. The van der Waals surface area contributed by atoms with Crippen molar-refractivity contribution < 1.29 is 9.53 Å². The van der Waals surface area contributed by atoms with E-state index in [4.69, 9.17) is 4.74 Å². The fraction of sp³-hybridized carbons (Fsp3) is 0.500. The summed E-state index contributed by atoms with van der Waals surface area (Å²) in [6.07, 6.45) is 5.60. The molecule has 1 aromatic heterocycles. The highest BCUT2D eigenvalue weighted by molar-refractivity contribution is 5.79. The van der Waals surface area contributed by atoms with E-state index in [2.05, 4.69) is 41.2 Å². The van der Waals surface area contributed by atoms with Crippen LogP contribution in [0.3, 0.4) is 0 Å². The van der Waals surface area contributed by atoms with Gasteiger partial charge in [-0.3, -0.25) is 4.79 Å². The zero-order valence-corrected chi connectivity index (χ0v) is 14.7. The fourth-order valence-corrected chi connectivity index (χ4v) is 3.96. The summed E-state index contributed by atoms with van der Waals surface area (Å²) < 4.78 is 5.40. The minimum Gasteiger partial charge on any atom is -0.381 e. The standard InChI is InChI=1S/C20H25N3O2/c1-14-4-2-5-16(12-14)17-13-21-19(22-17)18-6-3-9-23(18)20(24)15-7-10-25-11-8-15/h2,4-5,12-13,15,18H,3,6-11H2,1H3,(H,21,22)/t18-/m0/s1. The molecule has 0 bridgehead atoms. The van der Waals surface area contributed by atoms with Crippen molar-refractivity contribution in [3.63, 3.8) is 0 Å². The van der Waals surface area contributed by atoms with Crippen LogP contribution in [0.25, 0.3) is 11.3 Å². The number of nitrogens with zero attached hydrogens (tertiary/aromatic N) is 2. The van der Waals surface area contributed by atoms with Gasteiger partial charge in [0.1, 0.15) is 5.82 Å². The van der Waals surface area contributed by atoms with Crippen LogP contribution in [-0.4, -0.2) is 40.5 Å². The van der Waals surface area contributed by atoms with Crippen molar-refractivity contribution in [2.75, 3.05) is 19.8 Å². The second-order valence-electron chi connectivity index (χ2n) is 7.13. The molecule has 0 aliphatic carbocycles. The monoisotopic (exact) mass is 339 g/mol. The van der Waals surface area contributed by atoms with E-state index >= 15 is 0 Å². The molecule has 5 heteroatoms. The quantitative estimate of drug-likeness (QED) is 0.931. The number of hydrogen-bond acceptors (Lipinski definition) is 3. The van der Waals surface area contributed by atoms with Gasteiger partial charge in [-0.25, -0.2) is 4.98 Å². The lowest BCUT2D eigenvalue weighted by molar-refractivity contribution is -0.139. The Kier molecular flexibility index (Phi) is 4.57. The maximum Gasteiger partial charge on any atom is 0.226 e. The smallest absolute Gasteiger partial charge is 0.226 e. The summed E-state index contributed by atoms with van der Waals surface area (Å²) in [6.45, 7) is 4.33. The first kappa shape index (κ1) is 16.3. The van der Waals surface area contributed by atoms with Crippen LogP contribution in [0.15, 0.2) is 30.5 Å². The van der Waals surface area contributed by atoms with Gasteiger partial charge in [0.05, 0.1) is 17.9 Å². The number of aryl methyl sites for hydroxylation is 1.